The summed E-state index contributed by atoms with van der Waals surface area (Å²) in [5, 5.41) is 5.34. The highest BCUT2D eigenvalue weighted by atomic mass is 35.5. The molecular weight excluding hydrogens is 362 g/mol. The summed E-state index contributed by atoms with van der Waals surface area (Å²) in [5.74, 6) is 0.474. The molecule has 132 valence electrons. The lowest BCUT2D eigenvalue weighted by Crippen LogP contribution is -2.13. The van der Waals surface area contributed by atoms with Crippen LogP contribution in [0.5, 0.6) is 11.6 Å². The molecule has 1 amide bonds. The molecule has 0 spiro atoms. The molecule has 5 nitrogen and oxygen atoms in total. The predicted octanol–water partition coefficient (Wildman–Crippen LogP) is 5.33. The minimum absolute atomic E-state index is 0.251. The Bertz CT molecular complexity index is 1130. The van der Waals surface area contributed by atoms with Crippen LogP contribution in [0.4, 0.5) is 5.69 Å². The summed E-state index contributed by atoms with van der Waals surface area (Å²) in [6, 6.07) is 21.9. The summed E-state index contributed by atoms with van der Waals surface area (Å²) in [4.78, 5) is 20.7. The zero-order valence-corrected chi connectivity index (χ0v) is 14.9. The number of rotatable bonds is 4. The molecule has 2 aromatic heterocycles. The number of hydrogen-bond acceptors (Lipinski definition) is 4. The first kappa shape index (κ1) is 17.0. The minimum Gasteiger partial charge on any atom is -0.439 e. The number of carbonyl (C=O) groups excluding carboxylic acids is 1. The lowest BCUT2D eigenvalue weighted by molar-refractivity contribution is 0.102. The Kier molecular flexibility index (Phi) is 4.68. The van der Waals surface area contributed by atoms with E-state index in [4.69, 9.17) is 16.3 Å². The molecule has 2 aromatic carbocycles. The fraction of sp³-hybridized carbons (Fsp3) is 0. The Morgan fingerprint density at radius 3 is 2.63 bits per heavy atom. The maximum Gasteiger partial charge on any atom is 0.274 e. The number of nitrogens with one attached hydrogen (secondary N) is 1. The van der Waals surface area contributed by atoms with Crippen LogP contribution in [-0.2, 0) is 0 Å². The minimum atomic E-state index is -0.316. The molecule has 0 aliphatic heterocycles. The van der Waals surface area contributed by atoms with Crippen LogP contribution < -0.4 is 10.1 Å². The predicted molar refractivity (Wildman–Crippen MR) is 105 cm³/mol. The largest absolute Gasteiger partial charge is 0.439 e. The van der Waals surface area contributed by atoms with E-state index in [2.05, 4.69) is 15.3 Å². The van der Waals surface area contributed by atoms with Gasteiger partial charge < -0.3 is 10.1 Å². The highest BCUT2D eigenvalue weighted by molar-refractivity contribution is 6.29. The molecule has 6 heteroatoms. The molecule has 4 aromatic rings. The van der Waals surface area contributed by atoms with Crippen molar-refractivity contribution < 1.29 is 9.53 Å². The van der Waals surface area contributed by atoms with Crippen molar-refractivity contribution >= 4 is 34.0 Å². The summed E-state index contributed by atoms with van der Waals surface area (Å²) in [6.07, 6.45) is 1.54. The first-order valence-electron chi connectivity index (χ1n) is 8.24. The van der Waals surface area contributed by atoms with Gasteiger partial charge in [-0.1, -0.05) is 48.0 Å². The van der Waals surface area contributed by atoms with Crippen molar-refractivity contribution in [3.05, 3.63) is 89.8 Å². The number of carbonyl (C=O) groups is 1. The molecule has 0 bridgehead atoms. The van der Waals surface area contributed by atoms with Gasteiger partial charge in [-0.25, -0.2) is 9.97 Å². The Hall–Kier alpha value is -3.44. The van der Waals surface area contributed by atoms with Crippen molar-refractivity contribution in [3.63, 3.8) is 0 Å². The highest BCUT2D eigenvalue weighted by Crippen LogP contribution is 2.22. The van der Waals surface area contributed by atoms with E-state index >= 15 is 0 Å². The number of halogens is 1. The molecule has 0 aliphatic carbocycles. The van der Waals surface area contributed by atoms with Gasteiger partial charge in [-0.2, -0.15) is 0 Å². The average molecular weight is 376 g/mol. The van der Waals surface area contributed by atoms with E-state index in [1.54, 1.807) is 30.3 Å². The first-order chi connectivity index (χ1) is 13.2. The molecule has 0 radical (unpaired) electrons. The van der Waals surface area contributed by atoms with Gasteiger partial charge in [0.15, 0.2) is 0 Å². The summed E-state index contributed by atoms with van der Waals surface area (Å²) in [6.45, 7) is 0. The lowest BCUT2D eigenvalue weighted by Gasteiger charge is -2.08. The van der Waals surface area contributed by atoms with Crippen LogP contribution in [0, 0.1) is 0 Å². The Morgan fingerprint density at radius 1 is 0.926 bits per heavy atom. The van der Waals surface area contributed by atoms with Crippen LogP contribution >= 0.6 is 11.6 Å². The Labute approximate surface area is 160 Å². The molecule has 27 heavy (non-hydrogen) atoms. The topological polar surface area (TPSA) is 64.1 Å². The van der Waals surface area contributed by atoms with E-state index in [0.717, 1.165) is 10.8 Å². The number of fused-ring (bicyclic) bond motifs is 1. The van der Waals surface area contributed by atoms with Crippen molar-refractivity contribution in [2.24, 2.45) is 0 Å². The summed E-state index contributed by atoms with van der Waals surface area (Å²) in [7, 11) is 0. The van der Waals surface area contributed by atoms with Gasteiger partial charge in [0.25, 0.3) is 5.91 Å². The third-order valence-corrected chi connectivity index (χ3v) is 4.09. The normalized spacial score (nSPS) is 10.6. The standard InChI is InChI=1S/C21H14ClN3O2/c22-19-13-17(10-11-23-19)27-20-7-3-6-18(25-20)21(26)24-16-9-8-14-4-1-2-5-15(14)12-16/h1-13H,(H,24,26). The van der Waals surface area contributed by atoms with Gasteiger partial charge in [0.05, 0.1) is 0 Å². The first-order valence-corrected chi connectivity index (χ1v) is 8.62. The quantitative estimate of drug-likeness (QED) is 0.490. The van der Waals surface area contributed by atoms with E-state index in [1.807, 2.05) is 42.5 Å². The highest BCUT2D eigenvalue weighted by Gasteiger charge is 2.10. The molecule has 0 aliphatic rings. The number of anilines is 1. The van der Waals surface area contributed by atoms with Crippen molar-refractivity contribution in [2.75, 3.05) is 5.32 Å². The molecule has 0 unspecified atom stereocenters. The third kappa shape index (κ3) is 4.04. The van der Waals surface area contributed by atoms with Crippen LogP contribution in [0.15, 0.2) is 79.0 Å². The molecule has 0 atom stereocenters. The molecule has 2 heterocycles. The van der Waals surface area contributed by atoms with Crippen molar-refractivity contribution in [1.29, 1.82) is 0 Å². The smallest absolute Gasteiger partial charge is 0.274 e. The number of amides is 1. The maximum absolute atomic E-state index is 12.5. The van der Waals surface area contributed by atoms with Crippen LogP contribution in [-0.4, -0.2) is 15.9 Å². The number of hydrogen-bond donors (Lipinski definition) is 1. The molecule has 0 saturated carbocycles. The van der Waals surface area contributed by atoms with Gasteiger partial charge in [-0.15, -0.1) is 0 Å². The fourth-order valence-electron chi connectivity index (χ4n) is 2.63. The van der Waals surface area contributed by atoms with Crippen LogP contribution in [0.3, 0.4) is 0 Å². The van der Waals surface area contributed by atoms with Crippen LogP contribution in [0.25, 0.3) is 10.8 Å². The Balaban J connectivity index is 1.52. The maximum atomic E-state index is 12.5. The van der Waals surface area contributed by atoms with E-state index in [9.17, 15) is 4.79 Å². The number of benzene rings is 2. The Morgan fingerprint density at radius 2 is 1.78 bits per heavy atom. The van der Waals surface area contributed by atoms with Crippen molar-refractivity contribution in [1.82, 2.24) is 9.97 Å². The number of aromatic nitrogens is 2. The van der Waals surface area contributed by atoms with Crippen LogP contribution in [0.1, 0.15) is 10.5 Å². The zero-order chi connectivity index (χ0) is 18.6. The van der Waals surface area contributed by atoms with E-state index < -0.39 is 0 Å². The molecule has 1 N–H and O–H groups in total. The monoisotopic (exact) mass is 375 g/mol. The number of ether oxygens (including phenoxy) is 1. The number of nitrogens with zero attached hydrogens (tertiary/aromatic N) is 2. The summed E-state index contributed by atoms with van der Waals surface area (Å²) >= 11 is 5.85. The van der Waals surface area contributed by atoms with E-state index in [1.165, 1.54) is 6.20 Å². The van der Waals surface area contributed by atoms with Crippen molar-refractivity contribution in [3.8, 4) is 11.6 Å². The second kappa shape index (κ2) is 7.43. The van der Waals surface area contributed by atoms with Gasteiger partial charge in [-0.3, -0.25) is 4.79 Å². The second-order valence-electron chi connectivity index (χ2n) is 5.79. The third-order valence-electron chi connectivity index (χ3n) is 3.88. The van der Waals surface area contributed by atoms with Gasteiger partial charge >= 0.3 is 0 Å². The van der Waals surface area contributed by atoms with Gasteiger partial charge in [0, 0.05) is 24.0 Å². The van der Waals surface area contributed by atoms with Crippen LogP contribution in [0.2, 0.25) is 5.15 Å². The summed E-state index contributed by atoms with van der Waals surface area (Å²) in [5.41, 5.74) is 0.952. The number of pyridine rings is 2. The van der Waals surface area contributed by atoms with E-state index in [0.29, 0.717) is 22.5 Å². The fourth-order valence-corrected chi connectivity index (χ4v) is 2.79. The molecule has 0 fully saturated rings. The summed E-state index contributed by atoms with van der Waals surface area (Å²) < 4.78 is 5.64. The zero-order valence-electron chi connectivity index (χ0n) is 14.1. The SMILES string of the molecule is O=C(Nc1ccc2ccccc2c1)c1cccc(Oc2ccnc(Cl)c2)n1. The average Bonchev–Trinajstić information content (AvgIpc) is 2.68. The van der Waals surface area contributed by atoms with Gasteiger partial charge in [0.2, 0.25) is 5.88 Å². The van der Waals surface area contributed by atoms with Gasteiger partial charge in [-0.05, 0) is 35.0 Å². The lowest BCUT2D eigenvalue weighted by atomic mass is 10.1. The second-order valence-corrected chi connectivity index (χ2v) is 6.18. The molecule has 0 saturated heterocycles. The molecular formula is C21H14ClN3O2. The van der Waals surface area contributed by atoms with E-state index in [-0.39, 0.29) is 11.6 Å². The van der Waals surface area contributed by atoms with Crippen molar-refractivity contribution in [2.45, 2.75) is 0 Å². The molecule has 4 rings (SSSR count). The van der Waals surface area contributed by atoms with Gasteiger partial charge in [0.1, 0.15) is 16.6 Å².